The summed E-state index contributed by atoms with van der Waals surface area (Å²) in [5.74, 6) is -0.229. The molecule has 2 aromatic heterocycles. The second-order valence-corrected chi connectivity index (χ2v) is 5.50. The summed E-state index contributed by atoms with van der Waals surface area (Å²) in [4.78, 5) is 39.0. The minimum atomic E-state index is -1.01. The molecule has 2 heterocycles. The van der Waals surface area contributed by atoms with Gasteiger partial charge in [-0.15, -0.1) is 0 Å². The number of H-pyrrole nitrogens is 1. The monoisotopic (exact) mass is 367 g/mol. The molecule has 0 saturated heterocycles. The predicted octanol–water partition coefficient (Wildman–Crippen LogP) is 1.95. The van der Waals surface area contributed by atoms with Crippen LogP contribution in [-0.4, -0.2) is 45.0 Å². The molecule has 0 aliphatic heterocycles. The van der Waals surface area contributed by atoms with Gasteiger partial charge >= 0.3 is 5.97 Å². The Kier molecular flexibility index (Phi) is 5.41. The van der Waals surface area contributed by atoms with Crippen LogP contribution in [0.2, 0.25) is 0 Å². The number of hydrogen-bond donors (Lipinski definition) is 2. The molecule has 9 heteroatoms. The molecule has 9 nitrogen and oxygen atoms in total. The molecule has 1 aromatic carbocycles. The number of nitrogens with one attached hydrogen (secondary N) is 2. The predicted molar refractivity (Wildman–Crippen MR) is 97.9 cm³/mol. The lowest BCUT2D eigenvalue weighted by Crippen LogP contribution is -2.29. The van der Waals surface area contributed by atoms with E-state index in [0.717, 1.165) is 5.56 Å². The third kappa shape index (κ3) is 4.46. The van der Waals surface area contributed by atoms with Crippen molar-refractivity contribution in [2.75, 3.05) is 12.4 Å². The molecule has 0 aliphatic rings. The highest BCUT2D eigenvalue weighted by molar-refractivity contribution is 6.00. The number of rotatable bonds is 6. The Balaban J connectivity index is 1.59. The third-order valence-corrected chi connectivity index (χ3v) is 3.63. The number of benzene rings is 1. The summed E-state index contributed by atoms with van der Waals surface area (Å²) in [6.07, 6.45) is 4.54. The van der Waals surface area contributed by atoms with Crippen molar-refractivity contribution in [1.29, 1.82) is 0 Å². The average molecular weight is 367 g/mol. The highest BCUT2D eigenvalue weighted by Gasteiger charge is 2.18. The lowest BCUT2D eigenvalue weighted by atomic mass is 10.2. The maximum Gasteiger partial charge on any atom is 0.331 e. The largest absolute Gasteiger partial charge is 0.497 e. The first-order valence-electron chi connectivity index (χ1n) is 8.04. The summed E-state index contributed by atoms with van der Waals surface area (Å²) >= 11 is 0. The average Bonchev–Trinajstić information content (AvgIpc) is 3.16. The first-order chi connectivity index (χ1) is 13.1. The van der Waals surface area contributed by atoms with Gasteiger partial charge in [0.2, 0.25) is 0 Å². The second kappa shape index (κ2) is 8.09. The Hall–Kier alpha value is -3.75. The van der Waals surface area contributed by atoms with Gasteiger partial charge in [0.15, 0.2) is 17.6 Å². The van der Waals surface area contributed by atoms with E-state index in [1.54, 1.807) is 31.4 Å². The van der Waals surface area contributed by atoms with Gasteiger partial charge in [-0.2, -0.15) is 0 Å². The summed E-state index contributed by atoms with van der Waals surface area (Å²) in [6.45, 7) is 1.47. The number of esters is 1. The molecule has 27 heavy (non-hydrogen) atoms. The molecule has 0 bridgehead atoms. The fourth-order valence-corrected chi connectivity index (χ4v) is 2.25. The molecule has 0 radical (unpaired) electrons. The molecule has 3 aromatic rings. The van der Waals surface area contributed by atoms with Crippen molar-refractivity contribution in [1.82, 2.24) is 19.9 Å². The summed E-state index contributed by atoms with van der Waals surface area (Å²) in [6, 6.07) is 7.18. The van der Waals surface area contributed by atoms with Crippen molar-refractivity contribution in [2.45, 2.75) is 13.0 Å². The number of aromatic nitrogens is 4. The van der Waals surface area contributed by atoms with Crippen LogP contribution in [0.3, 0.4) is 0 Å². The number of anilines is 1. The number of imidazole rings is 1. The van der Waals surface area contributed by atoms with Gasteiger partial charge in [0.05, 0.1) is 13.4 Å². The van der Waals surface area contributed by atoms with Crippen molar-refractivity contribution >= 4 is 34.9 Å². The van der Waals surface area contributed by atoms with Crippen LogP contribution in [0.5, 0.6) is 5.75 Å². The van der Waals surface area contributed by atoms with Crippen LogP contribution < -0.4 is 10.1 Å². The lowest BCUT2D eigenvalue weighted by molar-refractivity contribution is -0.148. The van der Waals surface area contributed by atoms with Crippen LogP contribution in [-0.2, 0) is 14.3 Å². The van der Waals surface area contributed by atoms with Crippen molar-refractivity contribution < 1.29 is 19.1 Å². The Bertz CT molecular complexity index is 998. The van der Waals surface area contributed by atoms with E-state index in [-0.39, 0.29) is 5.82 Å². The van der Waals surface area contributed by atoms with Crippen LogP contribution >= 0.6 is 0 Å². The zero-order valence-corrected chi connectivity index (χ0v) is 14.7. The lowest BCUT2D eigenvalue weighted by Gasteiger charge is -2.12. The van der Waals surface area contributed by atoms with Crippen LogP contribution in [0.15, 0.2) is 43.0 Å². The Morgan fingerprint density at radius 1 is 1.26 bits per heavy atom. The first-order valence-corrected chi connectivity index (χ1v) is 8.04. The molecule has 1 amide bonds. The summed E-state index contributed by atoms with van der Waals surface area (Å²) in [7, 11) is 1.56. The van der Waals surface area contributed by atoms with Crippen molar-refractivity contribution in [2.24, 2.45) is 0 Å². The molecule has 0 aliphatic carbocycles. The number of fused-ring (bicyclic) bond motifs is 1. The molecule has 0 fully saturated rings. The third-order valence-electron chi connectivity index (χ3n) is 3.63. The zero-order chi connectivity index (χ0) is 19.2. The molecular formula is C18H17N5O4. The van der Waals surface area contributed by atoms with E-state index >= 15 is 0 Å². The van der Waals surface area contributed by atoms with Gasteiger partial charge in [0, 0.05) is 6.08 Å². The van der Waals surface area contributed by atoms with Crippen LogP contribution in [0.25, 0.3) is 17.2 Å². The van der Waals surface area contributed by atoms with E-state index in [2.05, 4.69) is 25.3 Å². The number of carbonyl (C=O) groups excluding carboxylic acids is 2. The zero-order valence-electron chi connectivity index (χ0n) is 14.7. The van der Waals surface area contributed by atoms with Crippen LogP contribution in [0.1, 0.15) is 12.5 Å². The Labute approximate surface area is 154 Å². The topological polar surface area (TPSA) is 119 Å². The van der Waals surface area contributed by atoms with E-state index < -0.39 is 18.0 Å². The molecule has 0 saturated carbocycles. The van der Waals surface area contributed by atoms with Crippen molar-refractivity contribution in [3.63, 3.8) is 0 Å². The summed E-state index contributed by atoms with van der Waals surface area (Å²) in [5.41, 5.74) is 1.68. The van der Waals surface area contributed by atoms with E-state index in [9.17, 15) is 9.59 Å². The van der Waals surface area contributed by atoms with Crippen molar-refractivity contribution in [3.8, 4) is 5.75 Å². The number of hydrogen-bond acceptors (Lipinski definition) is 7. The Morgan fingerprint density at radius 2 is 2.11 bits per heavy atom. The minimum absolute atomic E-state index is 0.261. The van der Waals surface area contributed by atoms with Gasteiger partial charge in [-0.3, -0.25) is 4.79 Å². The van der Waals surface area contributed by atoms with Gasteiger partial charge < -0.3 is 19.8 Å². The molecule has 1 atom stereocenters. The van der Waals surface area contributed by atoms with Crippen LogP contribution in [0, 0.1) is 0 Å². The van der Waals surface area contributed by atoms with Gasteiger partial charge in [-0.1, -0.05) is 12.1 Å². The fourth-order valence-electron chi connectivity index (χ4n) is 2.25. The Morgan fingerprint density at radius 3 is 2.93 bits per heavy atom. The highest BCUT2D eigenvalue weighted by Crippen LogP contribution is 2.15. The number of carbonyl (C=O) groups is 2. The normalized spacial score (nSPS) is 12.1. The number of methoxy groups -OCH3 is 1. The molecule has 0 spiro atoms. The molecule has 138 valence electrons. The van der Waals surface area contributed by atoms with Crippen molar-refractivity contribution in [3.05, 3.63) is 48.6 Å². The number of nitrogens with zero attached hydrogens (tertiary/aromatic N) is 3. The van der Waals surface area contributed by atoms with E-state index in [0.29, 0.717) is 16.9 Å². The summed E-state index contributed by atoms with van der Waals surface area (Å²) < 4.78 is 10.2. The van der Waals surface area contributed by atoms with Gasteiger partial charge in [0.25, 0.3) is 5.91 Å². The number of amides is 1. The highest BCUT2D eigenvalue weighted by atomic mass is 16.5. The van der Waals surface area contributed by atoms with Crippen LogP contribution in [0.4, 0.5) is 5.82 Å². The van der Waals surface area contributed by atoms with E-state index in [4.69, 9.17) is 9.47 Å². The smallest absolute Gasteiger partial charge is 0.331 e. The fraction of sp³-hybridized carbons (Fsp3) is 0.167. The molecule has 1 unspecified atom stereocenters. The molecule has 2 N–H and O–H groups in total. The maximum absolute atomic E-state index is 12.2. The molecule has 3 rings (SSSR count). The summed E-state index contributed by atoms with van der Waals surface area (Å²) in [5, 5.41) is 2.59. The second-order valence-electron chi connectivity index (χ2n) is 5.50. The van der Waals surface area contributed by atoms with E-state index in [1.165, 1.54) is 25.7 Å². The van der Waals surface area contributed by atoms with Gasteiger partial charge in [-0.25, -0.2) is 19.7 Å². The quantitative estimate of drug-likeness (QED) is 0.505. The minimum Gasteiger partial charge on any atom is -0.497 e. The van der Waals surface area contributed by atoms with Gasteiger partial charge in [-0.05, 0) is 30.7 Å². The number of aromatic amines is 1. The standard InChI is InChI=1S/C18H17N5O4/c1-11(18(25)23-17-15-16(20-9-19-15)21-10-22-17)27-14(24)7-6-12-4-3-5-13(8-12)26-2/h3-11H,1-2H3,(H2,19,20,21,22,23,25)/b7-6+. The number of ether oxygens (including phenoxy) is 2. The van der Waals surface area contributed by atoms with Gasteiger partial charge in [0.1, 0.15) is 17.6 Å². The first kappa shape index (κ1) is 18.1. The SMILES string of the molecule is COc1cccc(/C=C/C(=O)OC(C)C(=O)Nc2ncnc3nc[nH]c23)c1. The molecular weight excluding hydrogens is 350 g/mol. The maximum atomic E-state index is 12.2. The van der Waals surface area contributed by atoms with E-state index in [1.807, 2.05) is 6.07 Å².